The van der Waals surface area contributed by atoms with Crippen LogP contribution >= 0.6 is 0 Å². The van der Waals surface area contributed by atoms with Crippen LogP contribution in [0.4, 0.5) is 0 Å². The molecular weight excluding hydrogens is 302 g/mol. The van der Waals surface area contributed by atoms with E-state index in [0.717, 1.165) is 29.9 Å². The molecule has 1 aromatic heterocycles. The number of fused-ring (bicyclic) bond motifs is 3. The summed E-state index contributed by atoms with van der Waals surface area (Å²) in [5.74, 6) is 0.225. The van der Waals surface area contributed by atoms with E-state index < -0.39 is 12.5 Å². The fraction of sp³-hybridized carbons (Fsp3) is 0.474. The summed E-state index contributed by atoms with van der Waals surface area (Å²) in [6.45, 7) is 8.09. The third-order valence-electron chi connectivity index (χ3n) is 4.76. The molecule has 0 amide bonds. The second-order valence-electron chi connectivity index (χ2n) is 6.83. The van der Waals surface area contributed by atoms with E-state index >= 15 is 0 Å². The number of imidazole rings is 1. The lowest BCUT2D eigenvalue weighted by molar-refractivity contribution is -0.123. The maximum atomic E-state index is 12.4. The van der Waals surface area contributed by atoms with Crippen LogP contribution in [-0.4, -0.2) is 51.1 Å². The van der Waals surface area contributed by atoms with E-state index in [4.69, 9.17) is 4.98 Å². The molecule has 128 valence electrons. The Morgan fingerprint density at radius 3 is 2.79 bits per heavy atom. The molecule has 5 heteroatoms. The van der Waals surface area contributed by atoms with Crippen LogP contribution in [0.25, 0.3) is 11.0 Å². The first-order chi connectivity index (χ1) is 11.5. The normalized spacial score (nSPS) is 21.3. The zero-order valence-electron chi connectivity index (χ0n) is 14.6. The highest BCUT2D eigenvalue weighted by Gasteiger charge is 2.33. The van der Waals surface area contributed by atoms with Gasteiger partial charge in [-0.2, -0.15) is 0 Å². The van der Waals surface area contributed by atoms with Gasteiger partial charge >= 0.3 is 0 Å². The Bertz CT molecular complexity index is 774. The lowest BCUT2D eigenvalue weighted by Gasteiger charge is -2.27. The lowest BCUT2D eigenvalue weighted by Crippen LogP contribution is -2.38. The molecule has 3 rings (SSSR count). The number of hydrogen-bond donors (Lipinski definition) is 1. The van der Waals surface area contributed by atoms with Gasteiger partial charge in [0.2, 0.25) is 0 Å². The van der Waals surface area contributed by atoms with E-state index in [9.17, 15) is 9.90 Å². The fourth-order valence-electron chi connectivity index (χ4n) is 3.34. The summed E-state index contributed by atoms with van der Waals surface area (Å²) in [6, 6.07) is 8.26. The van der Waals surface area contributed by atoms with E-state index in [1.54, 1.807) is 0 Å². The Labute approximate surface area is 142 Å². The smallest absolute Gasteiger partial charge is 0.170 e. The number of carbonyl (C=O) groups excluding carboxylic acids is 1. The van der Waals surface area contributed by atoms with Gasteiger partial charge in [0, 0.05) is 25.7 Å². The minimum Gasteiger partial charge on any atom is -0.389 e. The molecule has 1 aliphatic heterocycles. The van der Waals surface area contributed by atoms with Crippen molar-refractivity contribution in [1.29, 1.82) is 0 Å². The van der Waals surface area contributed by atoms with Crippen LogP contribution in [0.1, 0.15) is 32.5 Å². The molecule has 0 spiro atoms. The molecule has 1 N–H and O–H groups in total. The number of benzene rings is 1. The number of carbonyl (C=O) groups is 1. The van der Waals surface area contributed by atoms with E-state index in [1.807, 2.05) is 24.3 Å². The van der Waals surface area contributed by atoms with Gasteiger partial charge in [0.25, 0.3) is 0 Å². The number of para-hydroxylation sites is 2. The van der Waals surface area contributed by atoms with Crippen LogP contribution in [0.5, 0.6) is 0 Å². The van der Waals surface area contributed by atoms with Crippen molar-refractivity contribution in [2.24, 2.45) is 0 Å². The third kappa shape index (κ3) is 3.14. The van der Waals surface area contributed by atoms with Crippen LogP contribution in [0.3, 0.4) is 0 Å². The number of aliphatic hydroxyl groups excluding tert-OH is 1. The van der Waals surface area contributed by atoms with Crippen molar-refractivity contribution >= 4 is 16.8 Å². The van der Waals surface area contributed by atoms with Gasteiger partial charge < -0.3 is 9.67 Å². The molecule has 0 saturated carbocycles. The lowest BCUT2D eigenvalue weighted by atomic mass is 10.0. The van der Waals surface area contributed by atoms with Crippen LogP contribution < -0.4 is 0 Å². The molecule has 2 heterocycles. The quantitative estimate of drug-likeness (QED) is 0.876. The zero-order valence-corrected chi connectivity index (χ0v) is 14.6. The van der Waals surface area contributed by atoms with E-state index in [1.165, 1.54) is 5.57 Å². The standard InChI is InChI=1S/C19H25N3O2/c1-13(2)8-9-21-11-15(18(24)12-23)19-20-16-6-4-5-7-17(16)22(19)10-14(21)3/h4-8,14-15,23H,9-12H2,1-3H3. The van der Waals surface area contributed by atoms with E-state index in [-0.39, 0.29) is 11.8 Å². The minimum absolute atomic E-state index is 0.164. The van der Waals surface area contributed by atoms with Crippen LogP contribution in [0.15, 0.2) is 35.9 Å². The van der Waals surface area contributed by atoms with Gasteiger partial charge in [-0.15, -0.1) is 0 Å². The van der Waals surface area contributed by atoms with Crippen molar-refractivity contribution in [2.45, 2.75) is 39.3 Å². The Hall–Kier alpha value is -1.98. The first-order valence-electron chi connectivity index (χ1n) is 8.47. The summed E-state index contributed by atoms with van der Waals surface area (Å²) >= 11 is 0. The molecule has 24 heavy (non-hydrogen) atoms. The summed E-state index contributed by atoms with van der Waals surface area (Å²) in [5.41, 5.74) is 3.23. The van der Waals surface area contributed by atoms with Crippen molar-refractivity contribution in [3.05, 3.63) is 41.7 Å². The summed E-state index contributed by atoms with van der Waals surface area (Å²) in [5, 5.41) is 9.43. The number of aromatic nitrogens is 2. The molecule has 1 aliphatic rings. The predicted octanol–water partition coefficient (Wildman–Crippen LogP) is 2.35. The largest absolute Gasteiger partial charge is 0.389 e. The predicted molar refractivity (Wildman–Crippen MR) is 95.0 cm³/mol. The first kappa shape index (κ1) is 16.9. The van der Waals surface area contributed by atoms with Crippen molar-refractivity contribution in [1.82, 2.24) is 14.5 Å². The Morgan fingerprint density at radius 2 is 2.08 bits per heavy atom. The number of allylic oxidation sites excluding steroid dienone is 1. The van der Waals surface area contributed by atoms with Gasteiger partial charge in [-0.25, -0.2) is 4.98 Å². The van der Waals surface area contributed by atoms with Crippen LogP contribution in [0, 0.1) is 0 Å². The van der Waals surface area contributed by atoms with E-state index in [0.29, 0.717) is 6.54 Å². The molecular formula is C19H25N3O2. The maximum Gasteiger partial charge on any atom is 0.170 e. The molecule has 2 atom stereocenters. The number of aliphatic hydroxyl groups is 1. The van der Waals surface area contributed by atoms with Crippen molar-refractivity contribution in [3.63, 3.8) is 0 Å². The number of ketones is 1. The van der Waals surface area contributed by atoms with Gasteiger partial charge in [-0.1, -0.05) is 23.8 Å². The van der Waals surface area contributed by atoms with Crippen molar-refractivity contribution in [3.8, 4) is 0 Å². The summed E-state index contributed by atoms with van der Waals surface area (Å²) in [4.78, 5) is 19.4. The molecule has 2 aromatic rings. The number of rotatable bonds is 4. The molecule has 0 aliphatic carbocycles. The number of nitrogens with zero attached hydrogens (tertiary/aromatic N) is 3. The summed E-state index contributed by atoms with van der Waals surface area (Å²) in [7, 11) is 0. The Balaban J connectivity index is 2.05. The third-order valence-corrected chi connectivity index (χ3v) is 4.76. The Morgan fingerprint density at radius 1 is 1.33 bits per heavy atom. The molecule has 2 unspecified atom stereocenters. The summed E-state index contributed by atoms with van der Waals surface area (Å²) in [6.07, 6.45) is 2.18. The van der Waals surface area contributed by atoms with Crippen LogP contribution in [0.2, 0.25) is 0 Å². The topological polar surface area (TPSA) is 58.4 Å². The highest BCUT2D eigenvalue weighted by atomic mass is 16.3. The average molecular weight is 327 g/mol. The monoisotopic (exact) mass is 327 g/mol. The first-order valence-corrected chi connectivity index (χ1v) is 8.47. The maximum absolute atomic E-state index is 12.4. The highest BCUT2D eigenvalue weighted by molar-refractivity contribution is 5.87. The highest BCUT2D eigenvalue weighted by Crippen LogP contribution is 2.28. The number of hydrogen-bond acceptors (Lipinski definition) is 4. The van der Waals surface area contributed by atoms with Gasteiger partial charge in [0.05, 0.1) is 17.0 Å². The van der Waals surface area contributed by atoms with E-state index in [2.05, 4.69) is 36.3 Å². The van der Waals surface area contributed by atoms with Gasteiger partial charge in [0.15, 0.2) is 5.78 Å². The zero-order chi connectivity index (χ0) is 17.3. The second-order valence-corrected chi connectivity index (χ2v) is 6.83. The molecule has 1 aromatic carbocycles. The molecule has 5 nitrogen and oxygen atoms in total. The van der Waals surface area contributed by atoms with Gasteiger partial charge in [-0.3, -0.25) is 9.69 Å². The van der Waals surface area contributed by atoms with Crippen molar-refractivity contribution in [2.75, 3.05) is 19.7 Å². The molecule has 0 saturated heterocycles. The fourth-order valence-corrected chi connectivity index (χ4v) is 3.34. The average Bonchev–Trinajstić information content (AvgIpc) is 2.85. The number of Topliss-reactive ketones (excluding diaryl/α,β-unsaturated/α-hetero) is 1. The van der Waals surface area contributed by atoms with Gasteiger partial charge in [-0.05, 0) is 32.9 Å². The molecule has 0 fully saturated rings. The van der Waals surface area contributed by atoms with Crippen LogP contribution in [-0.2, 0) is 11.3 Å². The summed E-state index contributed by atoms with van der Waals surface area (Å²) < 4.78 is 2.15. The van der Waals surface area contributed by atoms with Crippen molar-refractivity contribution < 1.29 is 9.90 Å². The Kier molecular flexibility index (Phi) is 4.83. The SMILES string of the molecule is CC(C)=CCN1CC(C(=O)CO)c2nc3ccccc3n2CC1C. The molecule has 0 radical (unpaired) electrons. The second kappa shape index (κ2) is 6.87. The minimum atomic E-state index is -0.446. The van der Waals surface area contributed by atoms with Gasteiger partial charge in [0.1, 0.15) is 12.4 Å². The molecule has 0 bridgehead atoms.